The molecule has 1 amide bonds. The molecule has 0 aliphatic rings. The van der Waals surface area contributed by atoms with Crippen LogP contribution in [-0.4, -0.2) is 38.1 Å². The molecule has 0 atom stereocenters. The molecule has 0 rings (SSSR count). The second kappa shape index (κ2) is 4.72. The molecule has 0 radical (unpaired) electrons. The Labute approximate surface area is 74.0 Å². The Morgan fingerprint density at radius 2 is 2.08 bits per heavy atom. The predicted molar refractivity (Wildman–Crippen MR) is 50.4 cm³/mol. The lowest BCUT2D eigenvalue weighted by Crippen LogP contribution is -2.28. The van der Waals surface area contributed by atoms with E-state index in [9.17, 15) is 4.79 Å². The van der Waals surface area contributed by atoms with Gasteiger partial charge in [-0.1, -0.05) is 6.58 Å². The third-order valence-electron chi connectivity index (χ3n) is 1.13. The van der Waals surface area contributed by atoms with Gasteiger partial charge in [-0.2, -0.15) is 0 Å². The summed E-state index contributed by atoms with van der Waals surface area (Å²) in [4.78, 5) is 10.7. The van der Waals surface area contributed by atoms with Crippen molar-refractivity contribution in [1.29, 1.82) is 0 Å². The Morgan fingerprint density at radius 1 is 1.50 bits per heavy atom. The van der Waals surface area contributed by atoms with Crippen LogP contribution in [0.15, 0.2) is 24.9 Å². The van der Waals surface area contributed by atoms with Crippen molar-refractivity contribution in [3.8, 4) is 0 Å². The van der Waals surface area contributed by atoms with Gasteiger partial charge in [-0.3, -0.25) is 4.79 Å². The number of quaternary nitrogens is 1. The number of carbonyl (C=O) groups is 1. The Bertz CT molecular complexity index is 189. The van der Waals surface area contributed by atoms with Crippen LogP contribution in [0.25, 0.3) is 0 Å². The molecule has 0 heterocycles. The van der Waals surface area contributed by atoms with Crippen molar-refractivity contribution < 1.29 is 9.28 Å². The van der Waals surface area contributed by atoms with E-state index in [1.165, 1.54) is 6.08 Å². The standard InChI is InChI=1S/C9H16N2O/c1-5-9(12)10-7-6-8-11(2,3)4/h5-6,8H,1,7H2,2-4H3/p+1. The van der Waals surface area contributed by atoms with E-state index in [0.29, 0.717) is 6.54 Å². The smallest absolute Gasteiger partial charge is 0.243 e. The Morgan fingerprint density at radius 3 is 2.50 bits per heavy atom. The van der Waals surface area contributed by atoms with Gasteiger partial charge in [0.05, 0.1) is 27.3 Å². The molecule has 0 bridgehead atoms. The second-order valence-corrected chi connectivity index (χ2v) is 3.45. The highest BCUT2D eigenvalue weighted by Crippen LogP contribution is 1.89. The summed E-state index contributed by atoms with van der Waals surface area (Å²) in [6, 6.07) is 0. The number of rotatable bonds is 4. The molecule has 12 heavy (non-hydrogen) atoms. The average Bonchev–Trinajstić information content (AvgIpc) is 1.96. The molecule has 0 saturated carbocycles. The molecule has 0 aliphatic carbocycles. The molecule has 0 aromatic carbocycles. The van der Waals surface area contributed by atoms with Crippen LogP contribution in [0.4, 0.5) is 0 Å². The van der Waals surface area contributed by atoms with Crippen LogP contribution >= 0.6 is 0 Å². The lowest BCUT2D eigenvalue weighted by atomic mass is 10.5. The number of nitrogens with one attached hydrogen (secondary N) is 1. The van der Waals surface area contributed by atoms with E-state index in [-0.39, 0.29) is 5.91 Å². The molecular weight excluding hydrogens is 152 g/mol. The minimum atomic E-state index is -0.138. The van der Waals surface area contributed by atoms with Crippen LogP contribution in [0.1, 0.15) is 0 Å². The highest BCUT2D eigenvalue weighted by Gasteiger charge is 1.98. The van der Waals surface area contributed by atoms with E-state index < -0.39 is 0 Å². The van der Waals surface area contributed by atoms with E-state index in [4.69, 9.17) is 0 Å². The molecule has 3 nitrogen and oxygen atoms in total. The normalized spacial score (nSPS) is 11.6. The van der Waals surface area contributed by atoms with E-state index in [1.807, 2.05) is 33.4 Å². The summed E-state index contributed by atoms with van der Waals surface area (Å²) in [5.74, 6) is -0.138. The van der Waals surface area contributed by atoms with Crippen molar-refractivity contribution >= 4 is 5.91 Å². The minimum Gasteiger partial charge on any atom is -0.349 e. The van der Waals surface area contributed by atoms with Crippen LogP contribution in [-0.2, 0) is 4.79 Å². The van der Waals surface area contributed by atoms with Crippen molar-refractivity contribution in [3.63, 3.8) is 0 Å². The van der Waals surface area contributed by atoms with Crippen LogP contribution in [0.2, 0.25) is 0 Å². The van der Waals surface area contributed by atoms with E-state index in [2.05, 4.69) is 11.9 Å². The van der Waals surface area contributed by atoms with Crippen molar-refractivity contribution in [3.05, 3.63) is 24.9 Å². The zero-order valence-electron chi connectivity index (χ0n) is 8.00. The maximum atomic E-state index is 10.7. The highest BCUT2D eigenvalue weighted by atomic mass is 16.1. The summed E-state index contributed by atoms with van der Waals surface area (Å²) in [6.45, 7) is 3.90. The number of hydrogen-bond acceptors (Lipinski definition) is 1. The summed E-state index contributed by atoms with van der Waals surface area (Å²) in [5, 5.41) is 2.65. The van der Waals surface area contributed by atoms with E-state index in [0.717, 1.165) is 4.48 Å². The molecular formula is C9H17N2O+. The van der Waals surface area contributed by atoms with Gasteiger partial charge in [0.15, 0.2) is 0 Å². The Hall–Kier alpha value is -1.09. The first-order chi connectivity index (χ1) is 5.45. The number of hydrogen-bond donors (Lipinski definition) is 1. The first-order valence-electron chi connectivity index (χ1n) is 3.85. The fraction of sp³-hybridized carbons (Fsp3) is 0.444. The fourth-order valence-electron chi connectivity index (χ4n) is 0.601. The molecule has 0 aromatic heterocycles. The van der Waals surface area contributed by atoms with Crippen molar-refractivity contribution in [1.82, 2.24) is 5.32 Å². The molecule has 68 valence electrons. The molecule has 1 N–H and O–H groups in total. The van der Waals surface area contributed by atoms with Gasteiger partial charge in [0.1, 0.15) is 0 Å². The zero-order chi connectivity index (χ0) is 9.61. The lowest BCUT2D eigenvalue weighted by Gasteiger charge is -2.17. The molecule has 0 spiro atoms. The zero-order valence-corrected chi connectivity index (χ0v) is 8.00. The van der Waals surface area contributed by atoms with Gasteiger partial charge in [0.2, 0.25) is 5.91 Å². The summed E-state index contributed by atoms with van der Waals surface area (Å²) in [5.41, 5.74) is 0. The van der Waals surface area contributed by atoms with Gasteiger partial charge in [-0.25, -0.2) is 0 Å². The van der Waals surface area contributed by atoms with Gasteiger partial charge in [0.25, 0.3) is 0 Å². The molecule has 0 saturated heterocycles. The van der Waals surface area contributed by atoms with Gasteiger partial charge < -0.3 is 9.80 Å². The fourth-order valence-corrected chi connectivity index (χ4v) is 0.601. The van der Waals surface area contributed by atoms with Gasteiger partial charge >= 0.3 is 0 Å². The summed E-state index contributed by atoms with van der Waals surface area (Å²) < 4.78 is 0.754. The largest absolute Gasteiger partial charge is 0.349 e. The highest BCUT2D eigenvalue weighted by molar-refractivity contribution is 5.86. The third-order valence-corrected chi connectivity index (χ3v) is 1.13. The molecule has 0 unspecified atom stereocenters. The van der Waals surface area contributed by atoms with E-state index >= 15 is 0 Å². The third kappa shape index (κ3) is 7.02. The van der Waals surface area contributed by atoms with Crippen molar-refractivity contribution in [2.45, 2.75) is 0 Å². The summed E-state index contributed by atoms with van der Waals surface area (Å²) in [6.07, 6.45) is 5.19. The lowest BCUT2D eigenvalue weighted by molar-refractivity contribution is -0.817. The van der Waals surface area contributed by atoms with Gasteiger partial charge in [-0.15, -0.1) is 0 Å². The molecule has 0 aromatic rings. The summed E-state index contributed by atoms with van der Waals surface area (Å²) >= 11 is 0. The first-order valence-corrected chi connectivity index (χ1v) is 3.85. The predicted octanol–water partition coefficient (Wildman–Crippen LogP) is 0.508. The molecule has 3 heteroatoms. The van der Waals surface area contributed by atoms with E-state index in [1.54, 1.807) is 0 Å². The summed E-state index contributed by atoms with van der Waals surface area (Å²) in [7, 11) is 6.14. The van der Waals surface area contributed by atoms with Crippen molar-refractivity contribution in [2.24, 2.45) is 0 Å². The van der Waals surface area contributed by atoms with Crippen LogP contribution < -0.4 is 5.32 Å². The minimum absolute atomic E-state index is 0.138. The van der Waals surface area contributed by atoms with Crippen LogP contribution in [0.3, 0.4) is 0 Å². The van der Waals surface area contributed by atoms with Crippen LogP contribution in [0, 0.1) is 0 Å². The topological polar surface area (TPSA) is 29.1 Å². The second-order valence-electron chi connectivity index (χ2n) is 3.45. The average molecular weight is 169 g/mol. The number of amides is 1. The molecule has 0 aliphatic heterocycles. The van der Waals surface area contributed by atoms with Crippen LogP contribution in [0.5, 0.6) is 0 Å². The maximum Gasteiger partial charge on any atom is 0.243 e. The molecule has 0 fully saturated rings. The Kier molecular flexibility index (Phi) is 4.29. The SMILES string of the molecule is C=CC(=O)NCC=C[N+](C)(C)C. The first kappa shape index (κ1) is 10.9. The Balaban J connectivity index is 3.63. The van der Waals surface area contributed by atoms with Gasteiger partial charge in [0, 0.05) is 6.54 Å². The maximum absolute atomic E-state index is 10.7. The van der Waals surface area contributed by atoms with Crippen molar-refractivity contribution in [2.75, 3.05) is 27.7 Å². The number of carbonyl (C=O) groups excluding carboxylic acids is 1. The monoisotopic (exact) mass is 169 g/mol. The quantitative estimate of drug-likeness (QED) is 0.482. The van der Waals surface area contributed by atoms with Gasteiger partial charge in [-0.05, 0) is 12.2 Å². The number of nitrogens with zero attached hydrogens (tertiary/aromatic N) is 1.